The summed E-state index contributed by atoms with van der Waals surface area (Å²) in [7, 11) is 0. The molecule has 3 rings (SSSR count). The first-order valence-corrected chi connectivity index (χ1v) is 8.96. The fourth-order valence-corrected chi connectivity index (χ4v) is 2.55. The third kappa shape index (κ3) is 5.30. The molecule has 1 aromatic carbocycles. The van der Waals surface area contributed by atoms with Crippen LogP contribution in [0.3, 0.4) is 0 Å². The number of halogens is 2. The summed E-state index contributed by atoms with van der Waals surface area (Å²) < 4.78 is 24.4. The van der Waals surface area contributed by atoms with E-state index in [1.54, 1.807) is 42.5 Å². The number of carbonyl (C=O) groups is 2. The van der Waals surface area contributed by atoms with Crippen LogP contribution < -0.4 is 5.32 Å². The fourth-order valence-electron chi connectivity index (χ4n) is 2.38. The van der Waals surface area contributed by atoms with E-state index in [0.717, 1.165) is 6.08 Å². The Morgan fingerprint density at radius 2 is 2.00 bits per heavy atom. The molecule has 0 aliphatic rings. The second-order valence-corrected chi connectivity index (χ2v) is 6.28. The molecule has 3 aromatic rings. The third-order valence-corrected chi connectivity index (χ3v) is 4.13. The molecule has 0 saturated heterocycles. The van der Waals surface area contributed by atoms with Gasteiger partial charge in [-0.3, -0.25) is 4.79 Å². The normalized spacial score (nSPS) is 12.0. The van der Waals surface area contributed by atoms with Gasteiger partial charge in [-0.1, -0.05) is 23.7 Å². The molecular formula is C21H16ClFN2O4. The first-order chi connectivity index (χ1) is 13.9. The van der Waals surface area contributed by atoms with Crippen LogP contribution in [-0.2, 0) is 14.3 Å². The number of pyridine rings is 1. The minimum Gasteiger partial charge on any atom is -0.457 e. The summed E-state index contributed by atoms with van der Waals surface area (Å²) in [5.74, 6) is -1.04. The molecule has 0 saturated carbocycles. The first kappa shape index (κ1) is 20.3. The van der Waals surface area contributed by atoms with Crippen LogP contribution >= 0.6 is 11.6 Å². The summed E-state index contributed by atoms with van der Waals surface area (Å²) in [6.45, 7) is 1.43. The van der Waals surface area contributed by atoms with Crippen molar-refractivity contribution in [2.75, 3.05) is 5.32 Å². The van der Waals surface area contributed by atoms with E-state index in [1.165, 1.54) is 25.3 Å². The zero-order valence-electron chi connectivity index (χ0n) is 15.3. The number of nitrogens with zero attached hydrogens (tertiary/aromatic N) is 1. The number of nitrogens with one attached hydrogen (secondary N) is 1. The Kier molecular flexibility index (Phi) is 6.41. The maximum Gasteiger partial charge on any atom is 0.331 e. The van der Waals surface area contributed by atoms with Gasteiger partial charge in [0, 0.05) is 12.3 Å². The molecule has 0 aliphatic heterocycles. The van der Waals surface area contributed by atoms with Crippen LogP contribution in [0.2, 0.25) is 5.15 Å². The number of aromatic nitrogens is 1. The minimum absolute atomic E-state index is 0.128. The Morgan fingerprint density at radius 3 is 2.76 bits per heavy atom. The maximum absolute atomic E-state index is 13.8. The Balaban J connectivity index is 1.58. The van der Waals surface area contributed by atoms with Crippen LogP contribution in [0.25, 0.3) is 17.4 Å². The largest absolute Gasteiger partial charge is 0.457 e. The van der Waals surface area contributed by atoms with E-state index < -0.39 is 23.8 Å². The quantitative estimate of drug-likeness (QED) is 0.358. The molecule has 29 heavy (non-hydrogen) atoms. The lowest BCUT2D eigenvalue weighted by Crippen LogP contribution is -2.29. The summed E-state index contributed by atoms with van der Waals surface area (Å²) in [4.78, 5) is 27.9. The van der Waals surface area contributed by atoms with Crippen molar-refractivity contribution in [3.63, 3.8) is 0 Å². The van der Waals surface area contributed by atoms with Crippen molar-refractivity contribution in [2.24, 2.45) is 0 Å². The molecule has 0 bridgehead atoms. The first-order valence-electron chi connectivity index (χ1n) is 8.59. The van der Waals surface area contributed by atoms with Crippen molar-refractivity contribution in [1.82, 2.24) is 4.98 Å². The highest BCUT2D eigenvalue weighted by Gasteiger charge is 2.18. The van der Waals surface area contributed by atoms with Gasteiger partial charge in [0.2, 0.25) is 0 Å². The molecule has 2 aromatic heterocycles. The molecule has 0 radical (unpaired) electrons. The number of hydrogen-bond acceptors (Lipinski definition) is 5. The zero-order chi connectivity index (χ0) is 20.8. The van der Waals surface area contributed by atoms with Gasteiger partial charge in [0.15, 0.2) is 11.3 Å². The highest BCUT2D eigenvalue weighted by molar-refractivity contribution is 6.32. The fraction of sp³-hybridized carbons (Fsp3) is 0.0952. The second-order valence-electron chi connectivity index (χ2n) is 5.93. The SMILES string of the molecule is C[C@@H](OC(=O)/C=C/c1ccc(-c2ccccc2F)o1)C(=O)Nc1cccnc1Cl. The number of ether oxygens (including phenoxy) is 1. The predicted octanol–water partition coefficient (Wildman–Crippen LogP) is 4.72. The number of furan rings is 1. The zero-order valence-corrected chi connectivity index (χ0v) is 16.0. The second kappa shape index (κ2) is 9.16. The van der Waals surface area contributed by atoms with Crippen molar-refractivity contribution in [2.45, 2.75) is 13.0 Å². The van der Waals surface area contributed by atoms with Gasteiger partial charge in [-0.2, -0.15) is 0 Å². The van der Waals surface area contributed by atoms with Crippen LogP contribution in [0.15, 0.2) is 65.2 Å². The molecular weight excluding hydrogens is 399 g/mol. The van der Waals surface area contributed by atoms with E-state index in [1.807, 2.05) is 0 Å². The molecule has 1 amide bonds. The average molecular weight is 415 g/mol. The van der Waals surface area contributed by atoms with Gasteiger partial charge in [-0.25, -0.2) is 14.2 Å². The molecule has 1 atom stereocenters. The number of esters is 1. The number of hydrogen-bond donors (Lipinski definition) is 1. The number of anilines is 1. The lowest BCUT2D eigenvalue weighted by molar-refractivity contribution is -0.148. The van der Waals surface area contributed by atoms with Gasteiger partial charge >= 0.3 is 5.97 Å². The highest BCUT2D eigenvalue weighted by atomic mass is 35.5. The van der Waals surface area contributed by atoms with E-state index in [2.05, 4.69) is 10.3 Å². The lowest BCUT2D eigenvalue weighted by atomic mass is 10.1. The van der Waals surface area contributed by atoms with Gasteiger partial charge in [0.05, 0.1) is 11.3 Å². The minimum atomic E-state index is -1.06. The van der Waals surface area contributed by atoms with E-state index in [9.17, 15) is 14.0 Å². The summed E-state index contributed by atoms with van der Waals surface area (Å²) in [5, 5.41) is 2.65. The van der Waals surface area contributed by atoms with Gasteiger partial charge in [0.1, 0.15) is 17.3 Å². The van der Waals surface area contributed by atoms with E-state index in [4.69, 9.17) is 20.8 Å². The van der Waals surface area contributed by atoms with Crippen molar-refractivity contribution in [3.8, 4) is 11.3 Å². The summed E-state index contributed by atoms with van der Waals surface area (Å²) in [6.07, 6.45) is 2.91. The molecule has 0 aliphatic carbocycles. The van der Waals surface area contributed by atoms with E-state index in [0.29, 0.717) is 22.8 Å². The summed E-state index contributed by atoms with van der Waals surface area (Å²) >= 11 is 5.87. The highest BCUT2D eigenvalue weighted by Crippen LogP contribution is 2.25. The predicted molar refractivity (Wildman–Crippen MR) is 107 cm³/mol. The van der Waals surface area contributed by atoms with Gasteiger partial charge in [0.25, 0.3) is 5.91 Å². The lowest BCUT2D eigenvalue weighted by Gasteiger charge is -2.12. The van der Waals surface area contributed by atoms with Crippen LogP contribution in [0, 0.1) is 5.82 Å². The van der Waals surface area contributed by atoms with Crippen LogP contribution in [-0.4, -0.2) is 23.0 Å². The molecule has 148 valence electrons. The molecule has 0 unspecified atom stereocenters. The third-order valence-electron chi connectivity index (χ3n) is 3.83. The van der Waals surface area contributed by atoms with E-state index >= 15 is 0 Å². The summed E-state index contributed by atoms with van der Waals surface area (Å²) in [5.41, 5.74) is 0.628. The topological polar surface area (TPSA) is 81.4 Å². The van der Waals surface area contributed by atoms with Gasteiger partial charge in [-0.15, -0.1) is 0 Å². The molecule has 8 heteroatoms. The molecule has 0 fully saturated rings. The van der Waals surface area contributed by atoms with Crippen LogP contribution in [0.4, 0.5) is 10.1 Å². The number of benzene rings is 1. The monoisotopic (exact) mass is 414 g/mol. The maximum atomic E-state index is 13.8. The number of carbonyl (C=O) groups excluding carboxylic acids is 2. The van der Waals surface area contributed by atoms with Crippen molar-refractivity contribution < 1.29 is 23.1 Å². The Morgan fingerprint density at radius 1 is 1.21 bits per heavy atom. The Hall–Kier alpha value is -3.45. The summed E-state index contributed by atoms with van der Waals surface area (Å²) in [6, 6.07) is 12.6. The van der Waals surface area contributed by atoms with Crippen LogP contribution in [0.5, 0.6) is 0 Å². The van der Waals surface area contributed by atoms with Crippen molar-refractivity contribution in [3.05, 3.63) is 77.5 Å². The smallest absolute Gasteiger partial charge is 0.331 e. The molecule has 2 heterocycles. The molecule has 0 spiro atoms. The Labute approximate surface area is 171 Å². The van der Waals surface area contributed by atoms with E-state index in [-0.39, 0.29) is 5.15 Å². The standard InChI is InChI=1S/C21H16ClFN2O4/c1-13(21(27)25-17-7-4-12-24-20(17)22)28-19(26)11-9-14-8-10-18(29-14)15-5-2-3-6-16(15)23/h2-13H,1H3,(H,25,27)/b11-9+/t13-/m1/s1. The van der Waals surface area contributed by atoms with Crippen molar-refractivity contribution in [1.29, 1.82) is 0 Å². The van der Waals surface area contributed by atoms with Crippen LogP contribution in [0.1, 0.15) is 12.7 Å². The van der Waals surface area contributed by atoms with Gasteiger partial charge < -0.3 is 14.5 Å². The number of rotatable bonds is 6. The number of amides is 1. The molecule has 6 nitrogen and oxygen atoms in total. The Bertz CT molecular complexity index is 1060. The average Bonchev–Trinajstić information content (AvgIpc) is 3.17. The van der Waals surface area contributed by atoms with Gasteiger partial charge in [-0.05, 0) is 49.4 Å². The van der Waals surface area contributed by atoms with Crippen molar-refractivity contribution >= 4 is 35.2 Å². The molecule has 1 N–H and O–H groups in total.